The number of benzene rings is 1. The number of carbonyl (C=O) groups is 1. The standard InChI is InChI=1S/C13H15ClFNO3/c14-10-6-9(15)2-3-11(10)19-7-12(17)16-8-13(18)4-1-5-13/h2-3,6,18H,1,4-5,7-8H2,(H,16,17). The van der Waals surface area contributed by atoms with Gasteiger partial charge in [0, 0.05) is 6.54 Å². The van der Waals surface area contributed by atoms with E-state index in [9.17, 15) is 14.3 Å². The van der Waals surface area contributed by atoms with Crippen molar-refractivity contribution >= 4 is 17.5 Å². The summed E-state index contributed by atoms with van der Waals surface area (Å²) in [4.78, 5) is 11.5. The smallest absolute Gasteiger partial charge is 0.258 e. The molecular formula is C13H15ClFNO3. The fraction of sp³-hybridized carbons (Fsp3) is 0.462. The Hall–Kier alpha value is -1.33. The number of aliphatic hydroxyl groups is 1. The third-order valence-electron chi connectivity index (χ3n) is 3.15. The second-order valence-electron chi connectivity index (χ2n) is 4.72. The molecule has 1 aromatic carbocycles. The normalized spacial score (nSPS) is 16.6. The molecule has 0 spiro atoms. The van der Waals surface area contributed by atoms with Crippen LogP contribution in [0.5, 0.6) is 5.75 Å². The summed E-state index contributed by atoms with van der Waals surface area (Å²) in [6.45, 7) is 0.00771. The monoisotopic (exact) mass is 287 g/mol. The van der Waals surface area contributed by atoms with Crippen LogP contribution in [0.15, 0.2) is 18.2 Å². The zero-order valence-corrected chi connectivity index (χ0v) is 11.0. The van der Waals surface area contributed by atoms with Gasteiger partial charge in [-0.1, -0.05) is 11.6 Å². The van der Waals surface area contributed by atoms with E-state index >= 15 is 0 Å². The van der Waals surface area contributed by atoms with Crippen LogP contribution < -0.4 is 10.1 Å². The molecule has 0 aromatic heterocycles. The van der Waals surface area contributed by atoms with Gasteiger partial charge in [0.1, 0.15) is 11.6 Å². The highest BCUT2D eigenvalue weighted by Gasteiger charge is 2.34. The van der Waals surface area contributed by atoms with Crippen molar-refractivity contribution in [1.82, 2.24) is 5.32 Å². The van der Waals surface area contributed by atoms with Crippen molar-refractivity contribution < 1.29 is 19.0 Å². The van der Waals surface area contributed by atoms with E-state index < -0.39 is 11.4 Å². The predicted molar refractivity (Wildman–Crippen MR) is 68.7 cm³/mol. The number of amides is 1. The first kappa shape index (κ1) is 14.1. The molecule has 0 radical (unpaired) electrons. The molecule has 0 atom stereocenters. The molecule has 1 aliphatic carbocycles. The number of halogens is 2. The first-order valence-corrected chi connectivity index (χ1v) is 6.43. The van der Waals surface area contributed by atoms with Crippen molar-refractivity contribution in [3.05, 3.63) is 29.0 Å². The molecule has 2 rings (SSSR count). The Bertz CT molecular complexity index is 477. The van der Waals surface area contributed by atoms with E-state index in [4.69, 9.17) is 16.3 Å². The van der Waals surface area contributed by atoms with E-state index in [-0.39, 0.29) is 29.8 Å². The minimum atomic E-state index is -0.761. The van der Waals surface area contributed by atoms with Gasteiger partial charge in [0.05, 0.1) is 10.6 Å². The van der Waals surface area contributed by atoms with Crippen LogP contribution >= 0.6 is 11.6 Å². The maximum atomic E-state index is 12.8. The van der Waals surface area contributed by atoms with E-state index in [0.717, 1.165) is 12.5 Å². The summed E-state index contributed by atoms with van der Waals surface area (Å²) in [5, 5.41) is 12.5. The predicted octanol–water partition coefficient (Wildman–Crippen LogP) is 1.89. The number of ether oxygens (including phenoxy) is 1. The highest BCUT2D eigenvalue weighted by Crippen LogP contribution is 2.30. The first-order valence-electron chi connectivity index (χ1n) is 6.05. The lowest BCUT2D eigenvalue weighted by molar-refractivity contribution is -0.125. The van der Waals surface area contributed by atoms with Crippen LogP contribution in [-0.2, 0) is 4.79 Å². The molecular weight excluding hydrogens is 273 g/mol. The zero-order chi connectivity index (χ0) is 13.9. The third kappa shape index (κ3) is 3.81. The Labute approximate surface area is 115 Å². The van der Waals surface area contributed by atoms with Crippen LogP contribution in [0.1, 0.15) is 19.3 Å². The lowest BCUT2D eigenvalue weighted by Crippen LogP contribution is -2.48. The van der Waals surface area contributed by atoms with Gasteiger partial charge in [-0.05, 0) is 37.5 Å². The molecule has 1 amide bonds. The molecule has 104 valence electrons. The van der Waals surface area contributed by atoms with Crippen LogP contribution in [0.2, 0.25) is 5.02 Å². The largest absolute Gasteiger partial charge is 0.482 e. The van der Waals surface area contributed by atoms with Gasteiger partial charge >= 0.3 is 0 Å². The van der Waals surface area contributed by atoms with Crippen LogP contribution in [0, 0.1) is 5.82 Å². The van der Waals surface area contributed by atoms with E-state index in [1.165, 1.54) is 12.1 Å². The molecule has 1 aliphatic rings. The molecule has 0 aliphatic heterocycles. The van der Waals surface area contributed by atoms with Crippen molar-refractivity contribution in [1.29, 1.82) is 0 Å². The first-order chi connectivity index (χ1) is 8.98. The van der Waals surface area contributed by atoms with E-state index in [1.54, 1.807) is 0 Å². The van der Waals surface area contributed by atoms with Gasteiger partial charge in [-0.2, -0.15) is 0 Å². The zero-order valence-electron chi connectivity index (χ0n) is 10.3. The average molecular weight is 288 g/mol. The Morgan fingerprint density at radius 3 is 2.84 bits per heavy atom. The SMILES string of the molecule is O=C(COc1ccc(F)cc1Cl)NCC1(O)CCC1. The number of rotatable bonds is 5. The molecule has 0 saturated heterocycles. The summed E-state index contributed by atoms with van der Waals surface area (Å²) in [7, 11) is 0. The summed E-state index contributed by atoms with van der Waals surface area (Å²) < 4.78 is 18.0. The fourth-order valence-electron chi connectivity index (χ4n) is 1.81. The Kier molecular flexibility index (Phi) is 4.27. The quantitative estimate of drug-likeness (QED) is 0.869. The lowest BCUT2D eigenvalue weighted by Gasteiger charge is -2.36. The summed E-state index contributed by atoms with van der Waals surface area (Å²) in [5.41, 5.74) is -0.761. The highest BCUT2D eigenvalue weighted by atomic mass is 35.5. The molecule has 0 heterocycles. The number of nitrogens with one attached hydrogen (secondary N) is 1. The van der Waals surface area contributed by atoms with Crippen LogP contribution in [0.4, 0.5) is 4.39 Å². The molecule has 1 saturated carbocycles. The van der Waals surface area contributed by atoms with Crippen molar-refractivity contribution in [3.63, 3.8) is 0 Å². The van der Waals surface area contributed by atoms with E-state index in [2.05, 4.69) is 5.32 Å². The topological polar surface area (TPSA) is 58.6 Å². The number of hydrogen-bond acceptors (Lipinski definition) is 3. The van der Waals surface area contributed by atoms with Gasteiger partial charge in [0.25, 0.3) is 5.91 Å². The molecule has 1 aromatic rings. The van der Waals surface area contributed by atoms with Gasteiger partial charge < -0.3 is 15.2 Å². The Morgan fingerprint density at radius 2 is 2.26 bits per heavy atom. The fourth-order valence-corrected chi connectivity index (χ4v) is 2.03. The van der Waals surface area contributed by atoms with E-state index in [1.807, 2.05) is 0 Å². The molecule has 4 nitrogen and oxygen atoms in total. The lowest BCUT2D eigenvalue weighted by atomic mass is 9.80. The van der Waals surface area contributed by atoms with Gasteiger partial charge in [-0.25, -0.2) is 4.39 Å². The maximum absolute atomic E-state index is 12.8. The van der Waals surface area contributed by atoms with Crippen molar-refractivity contribution in [3.8, 4) is 5.75 Å². The Balaban J connectivity index is 1.76. The molecule has 19 heavy (non-hydrogen) atoms. The summed E-state index contributed by atoms with van der Waals surface area (Å²) >= 11 is 5.76. The maximum Gasteiger partial charge on any atom is 0.258 e. The van der Waals surface area contributed by atoms with Gasteiger partial charge in [0.2, 0.25) is 0 Å². The second kappa shape index (κ2) is 5.75. The average Bonchev–Trinajstić information content (AvgIpc) is 2.33. The van der Waals surface area contributed by atoms with Crippen LogP contribution in [-0.4, -0.2) is 29.8 Å². The molecule has 6 heteroatoms. The summed E-state index contributed by atoms with van der Waals surface area (Å²) in [6, 6.07) is 3.69. The van der Waals surface area contributed by atoms with Gasteiger partial charge in [-0.15, -0.1) is 0 Å². The van der Waals surface area contributed by atoms with Crippen molar-refractivity contribution in [2.24, 2.45) is 0 Å². The van der Waals surface area contributed by atoms with Crippen LogP contribution in [0.25, 0.3) is 0 Å². The second-order valence-corrected chi connectivity index (χ2v) is 5.13. The van der Waals surface area contributed by atoms with Crippen molar-refractivity contribution in [2.45, 2.75) is 24.9 Å². The molecule has 0 unspecified atom stereocenters. The minimum absolute atomic E-state index is 0.116. The molecule has 0 bridgehead atoms. The van der Waals surface area contributed by atoms with Gasteiger partial charge in [-0.3, -0.25) is 4.79 Å². The third-order valence-corrected chi connectivity index (χ3v) is 3.45. The summed E-state index contributed by atoms with van der Waals surface area (Å²) in [6.07, 6.45) is 2.39. The van der Waals surface area contributed by atoms with Crippen LogP contribution in [0.3, 0.4) is 0 Å². The molecule has 1 fully saturated rings. The van der Waals surface area contributed by atoms with Gasteiger partial charge in [0.15, 0.2) is 6.61 Å². The minimum Gasteiger partial charge on any atom is -0.482 e. The number of carbonyl (C=O) groups excluding carboxylic acids is 1. The highest BCUT2D eigenvalue weighted by molar-refractivity contribution is 6.32. The van der Waals surface area contributed by atoms with Crippen molar-refractivity contribution in [2.75, 3.05) is 13.2 Å². The summed E-state index contributed by atoms with van der Waals surface area (Å²) in [5.74, 6) is -0.560. The number of hydrogen-bond donors (Lipinski definition) is 2. The Morgan fingerprint density at radius 1 is 1.53 bits per heavy atom. The molecule has 2 N–H and O–H groups in total. The van der Waals surface area contributed by atoms with E-state index in [0.29, 0.717) is 12.8 Å².